The van der Waals surface area contributed by atoms with Gasteiger partial charge in [0.25, 0.3) is 0 Å². The highest BCUT2D eigenvalue weighted by molar-refractivity contribution is 7.82. The summed E-state index contributed by atoms with van der Waals surface area (Å²) in [7, 11) is -3.12. The maximum Gasteiger partial charge on any atom is 0.169 e. The average Bonchev–Trinajstić information content (AvgIpc) is 2.67. The fourth-order valence-electron chi connectivity index (χ4n) is 2.65. The Hall–Kier alpha value is -2.48. The number of hydrogen-bond donors (Lipinski definition) is 1. The Labute approximate surface area is 141 Å². The van der Waals surface area contributed by atoms with Gasteiger partial charge in [-0.15, -0.1) is 0 Å². The molecule has 0 unspecified atom stereocenters. The Morgan fingerprint density at radius 2 is 1.50 bits per heavy atom. The van der Waals surface area contributed by atoms with E-state index >= 15 is 0 Å². The Morgan fingerprint density at radius 1 is 0.917 bits per heavy atom. The van der Waals surface area contributed by atoms with E-state index in [1.807, 2.05) is 72.8 Å². The average molecular weight is 335 g/mol. The van der Waals surface area contributed by atoms with Gasteiger partial charge in [0.15, 0.2) is 7.14 Å². The molecule has 3 nitrogen and oxygen atoms in total. The second kappa shape index (κ2) is 7.39. The van der Waals surface area contributed by atoms with Crippen LogP contribution in [0.1, 0.15) is 5.56 Å². The van der Waals surface area contributed by atoms with E-state index in [4.69, 9.17) is 0 Å². The van der Waals surface area contributed by atoms with Crippen LogP contribution in [0.25, 0.3) is 6.08 Å². The van der Waals surface area contributed by atoms with Crippen molar-refractivity contribution in [2.75, 3.05) is 6.61 Å². The quantitative estimate of drug-likeness (QED) is 0.727. The molecule has 0 aliphatic heterocycles. The van der Waals surface area contributed by atoms with Crippen molar-refractivity contribution in [1.29, 1.82) is 0 Å². The molecular weight excluding hydrogens is 317 g/mol. The number of rotatable bonds is 5. The Kier molecular flexibility index (Phi) is 5.05. The van der Waals surface area contributed by atoms with Crippen LogP contribution in [0, 0.1) is 0 Å². The third kappa shape index (κ3) is 3.23. The summed E-state index contributed by atoms with van der Waals surface area (Å²) in [5.74, 6) is 0. The third-order valence-corrected chi connectivity index (χ3v) is 6.95. The smallest absolute Gasteiger partial charge is 0.169 e. The molecule has 120 valence electrons. The van der Waals surface area contributed by atoms with E-state index in [0.29, 0.717) is 15.9 Å². The fraction of sp³-hybridized carbons (Fsp3) is 0.0500. The number of benzene rings is 2. The molecule has 0 bridgehead atoms. The van der Waals surface area contributed by atoms with E-state index in [9.17, 15) is 9.67 Å². The minimum absolute atomic E-state index is 0.282. The van der Waals surface area contributed by atoms with E-state index in [0.717, 1.165) is 5.56 Å². The van der Waals surface area contributed by atoms with Crippen molar-refractivity contribution in [3.63, 3.8) is 0 Å². The summed E-state index contributed by atoms with van der Waals surface area (Å²) in [5, 5.41) is 11.9. The summed E-state index contributed by atoms with van der Waals surface area (Å²) >= 11 is 0. The first-order valence-electron chi connectivity index (χ1n) is 7.68. The van der Waals surface area contributed by atoms with Crippen molar-refractivity contribution in [1.82, 2.24) is 4.98 Å². The van der Waals surface area contributed by atoms with Crippen molar-refractivity contribution >= 4 is 23.8 Å². The van der Waals surface area contributed by atoms with Gasteiger partial charge in [0, 0.05) is 28.3 Å². The van der Waals surface area contributed by atoms with Gasteiger partial charge in [-0.25, -0.2) is 0 Å². The van der Waals surface area contributed by atoms with E-state index in [-0.39, 0.29) is 6.61 Å². The lowest BCUT2D eigenvalue weighted by Gasteiger charge is -2.21. The molecule has 1 N–H and O–H groups in total. The maximum atomic E-state index is 14.1. The second-order valence-electron chi connectivity index (χ2n) is 5.36. The van der Waals surface area contributed by atoms with Crippen LogP contribution in [0.15, 0.2) is 90.5 Å². The van der Waals surface area contributed by atoms with Crippen LogP contribution in [0.3, 0.4) is 0 Å². The summed E-state index contributed by atoms with van der Waals surface area (Å²) in [5.41, 5.74) is 0.814. The molecule has 0 aliphatic rings. The Morgan fingerprint density at radius 3 is 1.96 bits per heavy atom. The Bertz CT molecular complexity index is 818. The SMILES string of the molecule is O=P(/C(=C\c1cccnc1)CO)(c1ccccc1)c1ccccc1. The molecule has 0 radical (unpaired) electrons. The number of aromatic nitrogens is 1. The highest BCUT2D eigenvalue weighted by Crippen LogP contribution is 2.52. The predicted molar refractivity (Wildman–Crippen MR) is 99.1 cm³/mol. The van der Waals surface area contributed by atoms with Crippen molar-refractivity contribution in [3.05, 3.63) is 96.1 Å². The monoisotopic (exact) mass is 335 g/mol. The van der Waals surface area contributed by atoms with Gasteiger partial charge in [-0.3, -0.25) is 4.98 Å². The summed E-state index contributed by atoms with van der Waals surface area (Å²) in [6, 6.07) is 22.3. The van der Waals surface area contributed by atoms with Crippen LogP contribution in [0.5, 0.6) is 0 Å². The molecule has 24 heavy (non-hydrogen) atoms. The predicted octanol–water partition coefficient (Wildman–Crippen LogP) is 3.43. The lowest BCUT2D eigenvalue weighted by atomic mass is 10.2. The van der Waals surface area contributed by atoms with Crippen molar-refractivity contribution in [3.8, 4) is 0 Å². The first-order chi connectivity index (χ1) is 11.7. The molecular formula is C20H18NO2P. The van der Waals surface area contributed by atoms with E-state index < -0.39 is 7.14 Å². The molecule has 4 heteroatoms. The normalized spacial score (nSPS) is 12.1. The topological polar surface area (TPSA) is 50.2 Å². The van der Waals surface area contributed by atoms with Crippen LogP contribution >= 0.6 is 7.14 Å². The number of aliphatic hydroxyl groups excluding tert-OH is 1. The lowest BCUT2D eigenvalue weighted by Crippen LogP contribution is -2.18. The van der Waals surface area contributed by atoms with Crippen LogP contribution in [0.4, 0.5) is 0 Å². The van der Waals surface area contributed by atoms with Crippen molar-refractivity contribution in [2.45, 2.75) is 0 Å². The fourth-order valence-corrected chi connectivity index (χ4v) is 5.32. The zero-order valence-corrected chi connectivity index (χ0v) is 14.0. The molecule has 0 fully saturated rings. The summed E-state index contributed by atoms with van der Waals surface area (Å²) < 4.78 is 14.1. The number of aliphatic hydroxyl groups is 1. The molecule has 0 atom stereocenters. The Balaban J connectivity index is 2.21. The van der Waals surface area contributed by atoms with Crippen LogP contribution in [-0.2, 0) is 4.57 Å². The minimum atomic E-state index is -3.12. The molecule has 3 aromatic rings. The van der Waals surface area contributed by atoms with Gasteiger partial charge in [0.2, 0.25) is 0 Å². The summed E-state index contributed by atoms with van der Waals surface area (Å²) in [6.07, 6.45) is 5.15. The van der Waals surface area contributed by atoms with Gasteiger partial charge in [0.05, 0.1) is 6.61 Å². The highest BCUT2D eigenvalue weighted by atomic mass is 31.2. The largest absolute Gasteiger partial charge is 0.391 e. The second-order valence-corrected chi connectivity index (χ2v) is 8.19. The highest BCUT2D eigenvalue weighted by Gasteiger charge is 2.31. The van der Waals surface area contributed by atoms with Crippen molar-refractivity contribution < 1.29 is 9.67 Å². The zero-order valence-electron chi connectivity index (χ0n) is 13.1. The summed E-state index contributed by atoms with van der Waals surface area (Å²) in [6.45, 7) is -0.282. The molecule has 0 saturated carbocycles. The first kappa shape index (κ1) is 16.4. The standard InChI is InChI=1S/C20H18NO2P/c22-16-20(14-17-8-7-13-21-15-17)24(23,18-9-3-1-4-10-18)19-11-5-2-6-12-19/h1-15,22H,16H2/b20-14-. The molecule has 0 saturated heterocycles. The molecule has 1 aromatic heterocycles. The number of hydrogen-bond acceptors (Lipinski definition) is 3. The molecule has 0 aliphatic carbocycles. The van der Waals surface area contributed by atoms with Gasteiger partial charge >= 0.3 is 0 Å². The number of nitrogens with zero attached hydrogens (tertiary/aromatic N) is 1. The van der Waals surface area contributed by atoms with Gasteiger partial charge in [-0.1, -0.05) is 66.7 Å². The zero-order chi connectivity index (χ0) is 16.8. The third-order valence-electron chi connectivity index (χ3n) is 3.82. The minimum Gasteiger partial charge on any atom is -0.391 e. The first-order valence-corrected chi connectivity index (χ1v) is 9.39. The summed E-state index contributed by atoms with van der Waals surface area (Å²) in [4.78, 5) is 4.08. The lowest BCUT2D eigenvalue weighted by molar-refractivity contribution is 0.339. The van der Waals surface area contributed by atoms with Gasteiger partial charge in [-0.2, -0.15) is 0 Å². The van der Waals surface area contributed by atoms with Crippen LogP contribution < -0.4 is 10.6 Å². The number of pyridine rings is 1. The molecule has 2 aromatic carbocycles. The van der Waals surface area contributed by atoms with E-state index in [1.54, 1.807) is 18.5 Å². The van der Waals surface area contributed by atoms with Gasteiger partial charge in [-0.05, 0) is 17.7 Å². The van der Waals surface area contributed by atoms with Gasteiger partial charge < -0.3 is 9.67 Å². The molecule has 0 amide bonds. The van der Waals surface area contributed by atoms with E-state index in [2.05, 4.69) is 4.98 Å². The van der Waals surface area contributed by atoms with E-state index in [1.165, 1.54) is 0 Å². The van der Waals surface area contributed by atoms with Crippen LogP contribution in [-0.4, -0.2) is 16.7 Å². The molecule has 1 heterocycles. The maximum absolute atomic E-state index is 14.1. The molecule has 0 spiro atoms. The molecule has 3 rings (SSSR count). The van der Waals surface area contributed by atoms with Gasteiger partial charge in [0.1, 0.15) is 0 Å². The van der Waals surface area contributed by atoms with Crippen LogP contribution in [0.2, 0.25) is 0 Å². The van der Waals surface area contributed by atoms with Crippen molar-refractivity contribution in [2.24, 2.45) is 0 Å².